The quantitative estimate of drug-likeness (QED) is 0.133. The Morgan fingerprint density at radius 2 is 0.762 bits per heavy atom. The second kappa shape index (κ2) is 24.3. The Kier molecular flexibility index (Phi) is 12.8. The standard InChI is InChI=1S/C101H88BN3/c1-97(2,3)71-50-55-87(81(59-71)67-36-22-15-23-37-67)104-91-62-74(100(10,11)12)49-53-85(91)102-86-58-68(76-43-30-46-80-79-42-28-29-47-84(79)101(94(76)80,69-38-24-16-25-39-69)70-40-26-17-27-41-70)48-54-90(86)105(96-77(65-32-18-13-19-33-65)44-31-45-78(96)66-34-20-14-21-35-66)93-64-75(63-92(104)95(93)102)103-88-56-51-72(98(4,5)6)60-82(88)83-61-73(99(7,8)9)52-57-89(83)103/h13-64H,1-12H3/i16D,17D,24D,25D,26D,27D,38D,39D,40D,41D. The number of hydrogen-bond donors (Lipinski definition) is 0. The normalized spacial score (nSPS) is 15.1. The summed E-state index contributed by atoms with van der Waals surface area (Å²) in [5, 5.41) is 2.32. The van der Waals surface area contributed by atoms with Gasteiger partial charge in [-0.3, -0.25) is 0 Å². The molecule has 0 bridgehead atoms. The second-order valence-electron chi connectivity index (χ2n) is 32.9. The molecule has 3 aliphatic rings. The summed E-state index contributed by atoms with van der Waals surface area (Å²) in [5.74, 6) is 0. The van der Waals surface area contributed by atoms with Crippen molar-refractivity contribution in [2.24, 2.45) is 0 Å². The van der Waals surface area contributed by atoms with Crippen LogP contribution < -0.4 is 26.2 Å². The summed E-state index contributed by atoms with van der Waals surface area (Å²) < 4.78 is 98.9. The van der Waals surface area contributed by atoms with Crippen LogP contribution in [0.4, 0.5) is 34.1 Å². The molecule has 18 rings (SSSR count). The molecular weight excluding hydrogens is 1270 g/mol. The molecule has 1 aliphatic carbocycles. The summed E-state index contributed by atoms with van der Waals surface area (Å²) in [7, 11) is 0. The molecule has 4 heteroatoms. The first-order valence-electron chi connectivity index (χ1n) is 41.8. The number of nitrogens with zero attached hydrogens (tertiary/aromatic N) is 3. The SMILES string of the molecule is [2H]c1c([2H])c([2H])c(C2(c3c([2H])c([2H])c([2H])c([2H])c3[2H])c3ccccc3-c3cccc(-c4ccc5c(c4)B4c6ccc(C(C)(C)C)cc6N(c6ccc(C(C)(C)C)cc6-c6ccccc6)c6cc(-n7c8ccc(C(C)(C)C)cc8c8cc(C(C)(C)C)ccc87)cc(c64)N5c4c(-c5ccccc5)cccc4-c4ccccc4)c32)c([2H])c1[2H]. The van der Waals surface area contributed by atoms with E-state index in [-0.39, 0.29) is 32.8 Å². The lowest BCUT2D eigenvalue weighted by Gasteiger charge is -2.46. The summed E-state index contributed by atoms with van der Waals surface area (Å²) in [6, 6.07) is 85.8. The molecule has 0 fully saturated rings. The minimum atomic E-state index is -2.13. The zero-order chi connectivity index (χ0) is 80.8. The van der Waals surface area contributed by atoms with Gasteiger partial charge in [0.05, 0.1) is 47.2 Å². The largest absolute Gasteiger partial charge is 0.311 e. The van der Waals surface area contributed by atoms with Crippen molar-refractivity contribution in [3.63, 3.8) is 0 Å². The molecule has 14 aromatic carbocycles. The summed E-state index contributed by atoms with van der Waals surface area (Å²) in [6.45, 7) is 26.8. The molecule has 0 radical (unpaired) electrons. The lowest BCUT2D eigenvalue weighted by Crippen LogP contribution is -2.61. The van der Waals surface area contributed by atoms with E-state index in [1.807, 2.05) is 36.4 Å². The monoisotopic (exact) mass is 1360 g/mol. The molecule has 0 amide bonds. The lowest BCUT2D eigenvalue weighted by atomic mass is 9.33. The number of anilines is 6. The van der Waals surface area contributed by atoms with Crippen LogP contribution in [-0.4, -0.2) is 11.3 Å². The van der Waals surface area contributed by atoms with Crippen LogP contribution in [0.5, 0.6) is 0 Å². The van der Waals surface area contributed by atoms with Crippen LogP contribution in [0.25, 0.3) is 83.1 Å². The van der Waals surface area contributed by atoms with E-state index < -0.39 is 72.6 Å². The van der Waals surface area contributed by atoms with Crippen LogP contribution in [0.3, 0.4) is 0 Å². The molecule has 2 aliphatic heterocycles. The third kappa shape index (κ3) is 10.5. The molecule has 0 atom stereocenters. The molecule has 105 heavy (non-hydrogen) atoms. The van der Waals surface area contributed by atoms with Crippen LogP contribution in [0.1, 0.15) is 141 Å². The second-order valence-corrected chi connectivity index (χ2v) is 32.9. The molecule has 3 nitrogen and oxygen atoms in total. The summed E-state index contributed by atoms with van der Waals surface area (Å²) in [6.07, 6.45) is 0. The highest BCUT2D eigenvalue weighted by Crippen LogP contribution is 2.60. The van der Waals surface area contributed by atoms with Gasteiger partial charge in [-0.2, -0.15) is 0 Å². The molecule has 0 saturated carbocycles. The Hall–Kier alpha value is -11.5. The van der Waals surface area contributed by atoms with Gasteiger partial charge in [0.15, 0.2) is 0 Å². The Bertz CT molecular complexity index is 6340. The van der Waals surface area contributed by atoms with Gasteiger partial charge in [0, 0.05) is 50.2 Å². The van der Waals surface area contributed by atoms with Crippen molar-refractivity contribution in [1.29, 1.82) is 0 Å². The minimum Gasteiger partial charge on any atom is -0.311 e. The third-order valence-electron chi connectivity index (χ3n) is 22.4. The van der Waals surface area contributed by atoms with Gasteiger partial charge in [-0.05, 0) is 182 Å². The van der Waals surface area contributed by atoms with Crippen LogP contribution in [0.2, 0.25) is 0 Å². The number of fused-ring (bicyclic) bond motifs is 10. The highest BCUT2D eigenvalue weighted by atomic mass is 15.2. The Morgan fingerprint density at radius 3 is 1.31 bits per heavy atom. The molecule has 0 spiro atoms. The molecule has 0 saturated heterocycles. The first-order chi connectivity index (χ1) is 54.8. The van der Waals surface area contributed by atoms with Crippen molar-refractivity contribution in [3.05, 3.63) is 360 Å². The highest BCUT2D eigenvalue weighted by Gasteiger charge is 2.50. The van der Waals surface area contributed by atoms with E-state index in [1.54, 1.807) is 6.07 Å². The van der Waals surface area contributed by atoms with E-state index in [1.165, 1.54) is 16.7 Å². The van der Waals surface area contributed by atoms with Crippen LogP contribution in [0.15, 0.2) is 315 Å². The van der Waals surface area contributed by atoms with Crippen molar-refractivity contribution in [2.45, 2.75) is 110 Å². The molecule has 0 unspecified atom stereocenters. The van der Waals surface area contributed by atoms with E-state index >= 15 is 0 Å². The van der Waals surface area contributed by atoms with E-state index in [0.29, 0.717) is 33.4 Å². The molecule has 0 N–H and O–H groups in total. The zero-order valence-corrected chi connectivity index (χ0v) is 61.7. The molecule has 3 heterocycles. The topological polar surface area (TPSA) is 11.4 Å². The van der Waals surface area contributed by atoms with E-state index in [2.05, 4.69) is 310 Å². The van der Waals surface area contributed by atoms with E-state index in [4.69, 9.17) is 2.74 Å². The smallest absolute Gasteiger partial charge is 0.252 e. The van der Waals surface area contributed by atoms with Gasteiger partial charge < -0.3 is 14.4 Å². The van der Waals surface area contributed by atoms with Gasteiger partial charge >= 0.3 is 0 Å². The van der Waals surface area contributed by atoms with E-state index in [0.717, 1.165) is 117 Å². The third-order valence-corrected chi connectivity index (χ3v) is 22.4. The Morgan fingerprint density at radius 1 is 0.314 bits per heavy atom. The summed E-state index contributed by atoms with van der Waals surface area (Å²) in [5.41, 5.74) is 22.6. The number of aromatic nitrogens is 1. The fraction of sp³-hybridized carbons (Fsp3) is 0.168. The lowest BCUT2D eigenvalue weighted by molar-refractivity contribution is 0.590. The van der Waals surface area contributed by atoms with Gasteiger partial charge in [-0.25, -0.2) is 0 Å². The minimum absolute atomic E-state index is 0.159. The highest BCUT2D eigenvalue weighted by molar-refractivity contribution is 7.00. The van der Waals surface area contributed by atoms with E-state index in [9.17, 15) is 11.0 Å². The molecule has 1 aromatic heterocycles. The average molecular weight is 1360 g/mol. The van der Waals surface area contributed by atoms with Crippen molar-refractivity contribution in [3.8, 4) is 61.3 Å². The van der Waals surface area contributed by atoms with Crippen molar-refractivity contribution in [2.75, 3.05) is 9.80 Å². The average Bonchev–Trinajstić information content (AvgIpc) is 1.57. The summed E-state index contributed by atoms with van der Waals surface area (Å²) >= 11 is 0. The fourth-order valence-corrected chi connectivity index (χ4v) is 17.1. The first kappa shape index (κ1) is 55.1. The number of benzene rings is 14. The van der Waals surface area contributed by atoms with Crippen molar-refractivity contribution < 1.29 is 13.7 Å². The van der Waals surface area contributed by atoms with Gasteiger partial charge in [-0.15, -0.1) is 0 Å². The van der Waals surface area contributed by atoms with Crippen LogP contribution in [0, 0.1) is 0 Å². The van der Waals surface area contributed by atoms with Gasteiger partial charge in [0.1, 0.15) is 0 Å². The maximum absolute atomic E-state index is 10.1. The fourth-order valence-electron chi connectivity index (χ4n) is 17.1. The summed E-state index contributed by atoms with van der Waals surface area (Å²) in [4.78, 5) is 5.08. The maximum atomic E-state index is 10.1. The predicted octanol–water partition coefficient (Wildman–Crippen LogP) is 25.1. The molecular formula is C101H88BN3. The number of para-hydroxylation sites is 1. The van der Waals surface area contributed by atoms with Gasteiger partial charge in [0.25, 0.3) is 6.71 Å². The Labute approximate surface area is 634 Å². The Balaban J connectivity index is 1.04. The van der Waals surface area contributed by atoms with Crippen molar-refractivity contribution >= 4 is 79.0 Å². The maximum Gasteiger partial charge on any atom is 0.252 e. The van der Waals surface area contributed by atoms with Crippen LogP contribution >= 0.6 is 0 Å². The molecule has 510 valence electrons. The zero-order valence-electron chi connectivity index (χ0n) is 71.7. The first-order valence-corrected chi connectivity index (χ1v) is 36.8. The van der Waals surface area contributed by atoms with Gasteiger partial charge in [0.2, 0.25) is 0 Å². The van der Waals surface area contributed by atoms with Crippen molar-refractivity contribution in [1.82, 2.24) is 4.57 Å². The number of hydrogen-bond acceptors (Lipinski definition) is 2. The van der Waals surface area contributed by atoms with Gasteiger partial charge in [-0.1, -0.05) is 338 Å². The van der Waals surface area contributed by atoms with Crippen LogP contribution in [-0.2, 0) is 27.1 Å². The molecule has 15 aromatic rings. The predicted molar refractivity (Wildman–Crippen MR) is 449 cm³/mol. The number of rotatable bonds is 9.